The van der Waals surface area contributed by atoms with Crippen molar-refractivity contribution >= 4 is 11.9 Å². The standard InChI is InChI=1S/C14H15NO4/c16-13(17)11-9-6-15(7-10(9)11)12(14(18)19)8-4-2-1-3-5-8/h1-5,9-12H,6-7H2,(H,16,17)(H,18,19)/t9-,10+,11?,12-/m0/s1. The fraction of sp³-hybridized carbons (Fsp3) is 0.429. The van der Waals surface area contributed by atoms with Gasteiger partial charge in [-0.1, -0.05) is 30.3 Å². The van der Waals surface area contributed by atoms with Crippen molar-refractivity contribution in [3.8, 4) is 0 Å². The number of hydrogen-bond donors (Lipinski definition) is 2. The molecule has 1 unspecified atom stereocenters. The summed E-state index contributed by atoms with van der Waals surface area (Å²) < 4.78 is 0. The number of carboxylic acid groups (broad SMARTS) is 2. The van der Waals surface area contributed by atoms with Gasteiger partial charge in [0.1, 0.15) is 6.04 Å². The van der Waals surface area contributed by atoms with E-state index in [9.17, 15) is 14.7 Å². The maximum atomic E-state index is 11.5. The second kappa shape index (κ2) is 4.35. The fourth-order valence-electron chi connectivity index (χ4n) is 3.28. The highest BCUT2D eigenvalue weighted by Gasteiger charge is 2.61. The van der Waals surface area contributed by atoms with Gasteiger partial charge in [-0.25, -0.2) is 0 Å². The van der Waals surface area contributed by atoms with Crippen LogP contribution in [0.3, 0.4) is 0 Å². The Morgan fingerprint density at radius 3 is 2.16 bits per heavy atom. The van der Waals surface area contributed by atoms with Crippen molar-refractivity contribution in [3.63, 3.8) is 0 Å². The van der Waals surface area contributed by atoms with Crippen LogP contribution in [-0.4, -0.2) is 40.1 Å². The first kappa shape index (κ1) is 12.2. The smallest absolute Gasteiger partial charge is 0.325 e. The zero-order valence-corrected chi connectivity index (χ0v) is 10.3. The molecule has 1 aromatic rings. The number of likely N-dealkylation sites (tertiary alicyclic amines) is 1. The maximum Gasteiger partial charge on any atom is 0.325 e. The molecule has 2 N–H and O–H groups in total. The van der Waals surface area contributed by atoms with Gasteiger partial charge in [0.25, 0.3) is 0 Å². The number of piperidine rings is 1. The lowest BCUT2D eigenvalue weighted by Gasteiger charge is -2.26. The second-order valence-corrected chi connectivity index (χ2v) is 5.30. The zero-order valence-electron chi connectivity index (χ0n) is 10.3. The molecule has 5 nitrogen and oxygen atoms in total. The number of rotatable bonds is 4. The summed E-state index contributed by atoms with van der Waals surface area (Å²) in [6.45, 7) is 1.13. The van der Waals surface area contributed by atoms with Crippen molar-refractivity contribution in [2.24, 2.45) is 17.8 Å². The number of benzene rings is 1. The fourth-order valence-corrected chi connectivity index (χ4v) is 3.28. The molecule has 1 aliphatic carbocycles. The lowest BCUT2D eigenvalue weighted by molar-refractivity contribution is -0.143. The molecule has 1 aromatic carbocycles. The third kappa shape index (κ3) is 2.00. The van der Waals surface area contributed by atoms with E-state index in [1.54, 1.807) is 12.1 Å². The topological polar surface area (TPSA) is 77.8 Å². The molecule has 100 valence electrons. The van der Waals surface area contributed by atoms with Gasteiger partial charge in [-0.2, -0.15) is 0 Å². The summed E-state index contributed by atoms with van der Waals surface area (Å²) in [7, 11) is 0. The minimum atomic E-state index is -0.876. The van der Waals surface area contributed by atoms with Crippen LogP contribution >= 0.6 is 0 Å². The Morgan fingerprint density at radius 2 is 1.68 bits per heavy atom. The monoisotopic (exact) mass is 261 g/mol. The summed E-state index contributed by atoms with van der Waals surface area (Å²) >= 11 is 0. The van der Waals surface area contributed by atoms with Crippen LogP contribution in [-0.2, 0) is 9.59 Å². The van der Waals surface area contributed by atoms with Crippen molar-refractivity contribution < 1.29 is 19.8 Å². The Balaban J connectivity index is 1.75. The van der Waals surface area contributed by atoms with Gasteiger partial charge in [0.05, 0.1) is 5.92 Å². The number of nitrogens with zero attached hydrogens (tertiary/aromatic N) is 1. The molecule has 0 radical (unpaired) electrons. The van der Waals surface area contributed by atoms with Gasteiger partial charge in [0.2, 0.25) is 0 Å². The van der Waals surface area contributed by atoms with E-state index < -0.39 is 18.0 Å². The van der Waals surface area contributed by atoms with Crippen LogP contribution in [0, 0.1) is 17.8 Å². The normalized spacial score (nSPS) is 30.6. The SMILES string of the molecule is O=C(O)C1[C@H]2CN([C@H](C(=O)O)c3ccccc3)C[C@@H]12. The number of fused-ring (bicyclic) bond motifs is 1. The van der Waals surface area contributed by atoms with Crippen LogP contribution in [0.5, 0.6) is 0 Å². The Morgan fingerprint density at radius 1 is 1.11 bits per heavy atom. The van der Waals surface area contributed by atoms with E-state index >= 15 is 0 Å². The highest BCUT2D eigenvalue weighted by Crippen LogP contribution is 2.53. The summed E-state index contributed by atoms with van der Waals surface area (Å²) in [5, 5.41) is 18.4. The average molecular weight is 261 g/mol. The largest absolute Gasteiger partial charge is 0.481 e. The molecule has 1 heterocycles. The van der Waals surface area contributed by atoms with Gasteiger partial charge >= 0.3 is 11.9 Å². The minimum Gasteiger partial charge on any atom is -0.481 e. The average Bonchev–Trinajstić information content (AvgIpc) is 2.88. The summed E-state index contributed by atoms with van der Waals surface area (Å²) in [6, 6.07) is 8.44. The Hall–Kier alpha value is -1.88. The predicted molar refractivity (Wildman–Crippen MR) is 66.5 cm³/mol. The molecule has 0 bridgehead atoms. The van der Waals surface area contributed by atoms with Crippen LogP contribution in [0.4, 0.5) is 0 Å². The van der Waals surface area contributed by atoms with Crippen LogP contribution in [0.25, 0.3) is 0 Å². The first-order chi connectivity index (χ1) is 9.09. The highest BCUT2D eigenvalue weighted by molar-refractivity contribution is 5.77. The van der Waals surface area contributed by atoms with Gasteiger partial charge in [0.15, 0.2) is 0 Å². The van der Waals surface area contributed by atoms with E-state index in [4.69, 9.17) is 5.11 Å². The Labute approximate surface area is 110 Å². The van der Waals surface area contributed by atoms with Crippen molar-refractivity contribution in [3.05, 3.63) is 35.9 Å². The van der Waals surface area contributed by atoms with E-state index in [2.05, 4.69) is 0 Å². The van der Waals surface area contributed by atoms with Gasteiger partial charge in [-0.05, 0) is 17.4 Å². The lowest BCUT2D eigenvalue weighted by Crippen LogP contribution is -2.35. The van der Waals surface area contributed by atoms with E-state index in [1.807, 2.05) is 23.1 Å². The summed E-state index contributed by atoms with van der Waals surface area (Å²) in [6.07, 6.45) is 0. The molecule has 1 saturated carbocycles. The molecule has 0 aromatic heterocycles. The molecule has 19 heavy (non-hydrogen) atoms. The molecule has 4 atom stereocenters. The molecule has 1 aliphatic heterocycles. The van der Waals surface area contributed by atoms with Crippen LogP contribution in [0.15, 0.2) is 30.3 Å². The summed E-state index contributed by atoms with van der Waals surface area (Å²) in [5.41, 5.74) is 0.753. The summed E-state index contributed by atoms with van der Waals surface area (Å²) in [5.74, 6) is -1.63. The molecule has 3 rings (SSSR count). The lowest BCUT2D eigenvalue weighted by atomic mass is 10.1. The number of carboxylic acids is 2. The van der Waals surface area contributed by atoms with Gasteiger partial charge < -0.3 is 10.2 Å². The zero-order chi connectivity index (χ0) is 13.6. The van der Waals surface area contributed by atoms with Crippen molar-refractivity contribution in [1.29, 1.82) is 0 Å². The maximum absolute atomic E-state index is 11.5. The van der Waals surface area contributed by atoms with Crippen LogP contribution < -0.4 is 0 Å². The van der Waals surface area contributed by atoms with E-state index in [0.29, 0.717) is 13.1 Å². The van der Waals surface area contributed by atoms with Crippen LogP contribution in [0.2, 0.25) is 0 Å². The molecule has 1 saturated heterocycles. The molecule has 5 heteroatoms. The Bertz CT molecular complexity index is 503. The third-order valence-corrected chi connectivity index (χ3v) is 4.22. The predicted octanol–water partition coefficient (Wildman–Crippen LogP) is 1.07. The van der Waals surface area contributed by atoms with E-state index in [-0.39, 0.29) is 17.8 Å². The highest BCUT2D eigenvalue weighted by atomic mass is 16.4. The van der Waals surface area contributed by atoms with Crippen molar-refractivity contribution in [2.75, 3.05) is 13.1 Å². The van der Waals surface area contributed by atoms with Gasteiger partial charge in [-0.3, -0.25) is 14.5 Å². The van der Waals surface area contributed by atoms with E-state index in [1.165, 1.54) is 0 Å². The number of hydrogen-bond acceptors (Lipinski definition) is 3. The Kier molecular flexibility index (Phi) is 2.78. The minimum absolute atomic E-state index is 0.128. The van der Waals surface area contributed by atoms with Gasteiger partial charge in [0, 0.05) is 13.1 Å². The number of carbonyl (C=O) groups is 2. The first-order valence-corrected chi connectivity index (χ1v) is 6.34. The first-order valence-electron chi connectivity index (χ1n) is 6.34. The molecular weight excluding hydrogens is 246 g/mol. The molecule has 0 amide bonds. The molecule has 2 aliphatic rings. The van der Waals surface area contributed by atoms with Crippen molar-refractivity contribution in [2.45, 2.75) is 6.04 Å². The second-order valence-electron chi connectivity index (χ2n) is 5.30. The van der Waals surface area contributed by atoms with E-state index in [0.717, 1.165) is 5.56 Å². The van der Waals surface area contributed by atoms with Gasteiger partial charge in [-0.15, -0.1) is 0 Å². The summed E-state index contributed by atoms with van der Waals surface area (Å²) in [4.78, 5) is 24.3. The quantitative estimate of drug-likeness (QED) is 0.847. The molecule has 0 spiro atoms. The third-order valence-electron chi connectivity index (χ3n) is 4.22. The molecule has 2 fully saturated rings. The molecular formula is C14H15NO4. The van der Waals surface area contributed by atoms with Crippen LogP contribution in [0.1, 0.15) is 11.6 Å². The van der Waals surface area contributed by atoms with Crippen molar-refractivity contribution in [1.82, 2.24) is 4.90 Å². The number of aliphatic carboxylic acids is 2.